The van der Waals surface area contributed by atoms with E-state index in [0.717, 1.165) is 16.7 Å². The van der Waals surface area contributed by atoms with E-state index in [4.69, 9.17) is 17.0 Å². The first-order chi connectivity index (χ1) is 13.6. The lowest BCUT2D eigenvalue weighted by atomic mass is 9.87. The van der Waals surface area contributed by atoms with Gasteiger partial charge in [-0.25, -0.2) is 0 Å². The summed E-state index contributed by atoms with van der Waals surface area (Å²) in [4.78, 5) is 24.2. The standard InChI is InChI=1S/C22H27N3O3S/c1-14-7-6-8-15(2)19(14)28-13-18(26)24-25-21(29)23-20(27)16-9-11-17(12-10-16)22(3,4)5/h6-12H,13H2,1-5H3,(H,24,26)(H2,23,25,27,29). The molecule has 0 aromatic heterocycles. The number of hydrazine groups is 1. The Labute approximate surface area is 177 Å². The van der Waals surface area contributed by atoms with Crippen molar-refractivity contribution in [1.82, 2.24) is 16.2 Å². The van der Waals surface area contributed by atoms with Gasteiger partial charge in [0.2, 0.25) is 0 Å². The molecule has 0 saturated carbocycles. The van der Waals surface area contributed by atoms with Crippen molar-refractivity contribution < 1.29 is 14.3 Å². The summed E-state index contributed by atoms with van der Waals surface area (Å²) in [5.74, 6) is -0.0972. The topological polar surface area (TPSA) is 79.5 Å². The Morgan fingerprint density at radius 3 is 2.10 bits per heavy atom. The Kier molecular flexibility index (Phi) is 7.34. The Balaban J connectivity index is 1.80. The second-order valence-electron chi connectivity index (χ2n) is 7.79. The van der Waals surface area contributed by atoms with Crippen molar-refractivity contribution in [2.24, 2.45) is 0 Å². The van der Waals surface area contributed by atoms with E-state index in [0.29, 0.717) is 11.3 Å². The molecule has 0 heterocycles. The highest BCUT2D eigenvalue weighted by Gasteiger charge is 2.15. The fourth-order valence-electron chi connectivity index (χ4n) is 2.66. The third kappa shape index (κ3) is 6.57. The van der Waals surface area contributed by atoms with E-state index < -0.39 is 5.91 Å². The third-order valence-electron chi connectivity index (χ3n) is 4.31. The first-order valence-electron chi connectivity index (χ1n) is 9.27. The molecule has 7 heteroatoms. The van der Waals surface area contributed by atoms with Crippen LogP contribution in [0.4, 0.5) is 0 Å². The molecule has 2 rings (SSSR count). The highest BCUT2D eigenvalue weighted by molar-refractivity contribution is 7.80. The summed E-state index contributed by atoms with van der Waals surface area (Å²) >= 11 is 5.05. The highest BCUT2D eigenvalue weighted by atomic mass is 32.1. The molecule has 0 radical (unpaired) electrons. The van der Waals surface area contributed by atoms with E-state index in [1.54, 1.807) is 12.1 Å². The van der Waals surface area contributed by atoms with Crippen LogP contribution >= 0.6 is 12.2 Å². The molecular formula is C22H27N3O3S. The van der Waals surface area contributed by atoms with Crippen molar-refractivity contribution in [1.29, 1.82) is 0 Å². The Hall–Kier alpha value is -2.93. The summed E-state index contributed by atoms with van der Waals surface area (Å²) in [7, 11) is 0. The lowest BCUT2D eigenvalue weighted by Crippen LogP contribution is -2.49. The zero-order chi connectivity index (χ0) is 21.6. The molecule has 29 heavy (non-hydrogen) atoms. The summed E-state index contributed by atoms with van der Waals surface area (Å²) in [6, 6.07) is 13.1. The van der Waals surface area contributed by atoms with Crippen LogP contribution in [0.25, 0.3) is 0 Å². The summed E-state index contributed by atoms with van der Waals surface area (Å²) in [5.41, 5.74) is 8.43. The van der Waals surface area contributed by atoms with Gasteiger partial charge in [-0.3, -0.25) is 25.8 Å². The Bertz CT molecular complexity index is 882. The quantitative estimate of drug-likeness (QED) is 0.529. The number of thiocarbonyl (C=S) groups is 1. The lowest BCUT2D eigenvalue weighted by molar-refractivity contribution is -0.123. The largest absolute Gasteiger partial charge is 0.483 e. The van der Waals surface area contributed by atoms with Gasteiger partial charge in [0, 0.05) is 5.56 Å². The first kappa shape index (κ1) is 22.4. The average Bonchev–Trinajstić information content (AvgIpc) is 2.65. The van der Waals surface area contributed by atoms with Crippen molar-refractivity contribution in [3.05, 3.63) is 64.7 Å². The van der Waals surface area contributed by atoms with Gasteiger partial charge in [0.1, 0.15) is 5.75 Å². The van der Waals surface area contributed by atoms with E-state index in [9.17, 15) is 9.59 Å². The molecule has 0 aliphatic heterocycles. The van der Waals surface area contributed by atoms with Gasteiger partial charge in [0.25, 0.3) is 11.8 Å². The van der Waals surface area contributed by atoms with Crippen LogP contribution in [-0.4, -0.2) is 23.5 Å². The summed E-state index contributed by atoms with van der Waals surface area (Å²) < 4.78 is 5.57. The molecule has 0 spiro atoms. The number of amides is 2. The van der Waals surface area contributed by atoms with Crippen molar-refractivity contribution in [3.8, 4) is 5.75 Å². The number of aryl methyl sites for hydroxylation is 2. The van der Waals surface area contributed by atoms with E-state index in [-0.39, 0.29) is 23.0 Å². The van der Waals surface area contributed by atoms with E-state index in [2.05, 4.69) is 36.9 Å². The van der Waals surface area contributed by atoms with Crippen LogP contribution in [0.1, 0.15) is 47.8 Å². The first-order valence-corrected chi connectivity index (χ1v) is 9.68. The summed E-state index contributed by atoms with van der Waals surface area (Å²) in [5, 5.41) is 2.52. The molecule has 0 bridgehead atoms. The van der Waals surface area contributed by atoms with E-state index >= 15 is 0 Å². The van der Waals surface area contributed by atoms with Gasteiger partial charge >= 0.3 is 0 Å². The molecule has 0 unspecified atom stereocenters. The smallest absolute Gasteiger partial charge is 0.276 e. The second-order valence-corrected chi connectivity index (χ2v) is 8.20. The minimum absolute atomic E-state index is 0.00433. The summed E-state index contributed by atoms with van der Waals surface area (Å²) in [6.07, 6.45) is 0. The molecule has 2 aromatic carbocycles. The van der Waals surface area contributed by atoms with Gasteiger partial charge < -0.3 is 4.74 Å². The fraction of sp³-hybridized carbons (Fsp3) is 0.318. The maximum Gasteiger partial charge on any atom is 0.276 e. The molecule has 0 saturated heterocycles. The SMILES string of the molecule is Cc1cccc(C)c1OCC(=O)NNC(=S)NC(=O)c1ccc(C(C)(C)C)cc1. The van der Waals surface area contributed by atoms with Gasteiger partial charge in [-0.15, -0.1) is 0 Å². The maximum absolute atomic E-state index is 12.3. The van der Waals surface area contributed by atoms with Crippen LogP contribution in [0.5, 0.6) is 5.75 Å². The predicted octanol–water partition coefficient (Wildman–Crippen LogP) is 3.32. The molecule has 0 fully saturated rings. The molecule has 0 aliphatic rings. The Morgan fingerprint density at radius 1 is 0.966 bits per heavy atom. The lowest BCUT2D eigenvalue weighted by Gasteiger charge is -2.19. The summed E-state index contributed by atoms with van der Waals surface area (Å²) in [6.45, 7) is 9.97. The number of rotatable bonds is 4. The maximum atomic E-state index is 12.3. The monoisotopic (exact) mass is 413 g/mol. The molecule has 2 aromatic rings. The van der Waals surface area contributed by atoms with Crippen LogP contribution in [-0.2, 0) is 10.2 Å². The number of hydrogen-bond donors (Lipinski definition) is 3. The number of hydrogen-bond acceptors (Lipinski definition) is 4. The molecule has 154 valence electrons. The van der Waals surface area contributed by atoms with E-state index in [1.165, 1.54) is 0 Å². The van der Waals surface area contributed by atoms with Crippen LogP contribution in [0.15, 0.2) is 42.5 Å². The van der Waals surface area contributed by atoms with Crippen LogP contribution in [0.2, 0.25) is 0 Å². The number of carbonyl (C=O) groups is 2. The number of carbonyl (C=O) groups excluding carboxylic acids is 2. The van der Waals surface area contributed by atoms with Crippen molar-refractivity contribution in [2.75, 3.05) is 6.61 Å². The molecule has 6 nitrogen and oxygen atoms in total. The third-order valence-corrected chi connectivity index (χ3v) is 4.52. The van der Waals surface area contributed by atoms with Crippen LogP contribution in [0.3, 0.4) is 0 Å². The number of para-hydroxylation sites is 1. The van der Waals surface area contributed by atoms with Crippen molar-refractivity contribution in [2.45, 2.75) is 40.0 Å². The second kappa shape index (κ2) is 9.52. The minimum Gasteiger partial charge on any atom is -0.483 e. The Morgan fingerprint density at radius 2 is 1.55 bits per heavy atom. The van der Waals surface area contributed by atoms with Gasteiger partial charge in [-0.1, -0.05) is 51.1 Å². The van der Waals surface area contributed by atoms with Gasteiger partial charge in [-0.05, 0) is 60.3 Å². The molecule has 2 amide bonds. The normalized spacial score (nSPS) is 10.8. The highest BCUT2D eigenvalue weighted by Crippen LogP contribution is 2.22. The van der Waals surface area contributed by atoms with Crippen LogP contribution in [0, 0.1) is 13.8 Å². The molecule has 0 aliphatic carbocycles. The number of nitrogens with one attached hydrogen (secondary N) is 3. The zero-order valence-electron chi connectivity index (χ0n) is 17.4. The zero-order valence-corrected chi connectivity index (χ0v) is 18.2. The van der Waals surface area contributed by atoms with Gasteiger partial charge in [0.15, 0.2) is 11.7 Å². The van der Waals surface area contributed by atoms with Gasteiger partial charge in [-0.2, -0.15) is 0 Å². The van der Waals surface area contributed by atoms with Crippen molar-refractivity contribution in [3.63, 3.8) is 0 Å². The average molecular weight is 414 g/mol. The fourth-order valence-corrected chi connectivity index (χ4v) is 2.80. The molecular weight excluding hydrogens is 386 g/mol. The predicted molar refractivity (Wildman–Crippen MR) is 118 cm³/mol. The number of ether oxygens (including phenoxy) is 1. The minimum atomic E-state index is -0.418. The van der Waals surface area contributed by atoms with E-state index in [1.807, 2.05) is 44.2 Å². The van der Waals surface area contributed by atoms with Crippen molar-refractivity contribution >= 4 is 29.1 Å². The van der Waals surface area contributed by atoms with Gasteiger partial charge in [0.05, 0.1) is 0 Å². The number of benzene rings is 2. The molecule has 3 N–H and O–H groups in total. The van der Waals surface area contributed by atoms with Crippen LogP contribution < -0.4 is 20.9 Å². The molecule has 0 atom stereocenters.